The number of nitrogens with zero attached hydrogens (tertiary/aromatic N) is 2. The van der Waals surface area contributed by atoms with Crippen molar-refractivity contribution in [1.29, 1.82) is 0 Å². The third-order valence-corrected chi connectivity index (χ3v) is 16.4. The van der Waals surface area contributed by atoms with Crippen molar-refractivity contribution in [3.8, 4) is 61.3 Å². The molecule has 0 aliphatic heterocycles. The summed E-state index contributed by atoms with van der Waals surface area (Å²) >= 11 is 0. The molecule has 73 heavy (non-hydrogen) atoms. The maximum Gasteiger partial charge on any atom is 0.0864 e. The lowest BCUT2D eigenvalue weighted by atomic mass is 9.82. The second kappa shape index (κ2) is 16.9. The molecule has 0 bridgehead atoms. The minimum Gasteiger partial charge on any atom is -0.376 e. The fourth-order valence-corrected chi connectivity index (χ4v) is 12.3. The Morgan fingerprint density at radius 1 is 0.397 bits per heavy atom. The molecule has 1 heterocycles. The lowest BCUT2D eigenvalue weighted by Crippen LogP contribution is -2.18. The first-order chi connectivity index (χ1) is 35.8. The Hall–Kier alpha value is -8.28. The van der Waals surface area contributed by atoms with Crippen LogP contribution in [-0.2, 0) is 27.7 Å². The zero-order valence-electron chi connectivity index (χ0n) is 41.6. The van der Waals surface area contributed by atoms with Crippen LogP contribution in [0.5, 0.6) is 0 Å². The van der Waals surface area contributed by atoms with Gasteiger partial charge in [0.15, 0.2) is 0 Å². The van der Waals surface area contributed by atoms with Crippen molar-refractivity contribution in [3.05, 3.63) is 252 Å². The van der Waals surface area contributed by atoms with Gasteiger partial charge in [-0.3, -0.25) is 0 Å². The summed E-state index contributed by atoms with van der Waals surface area (Å²) in [6.07, 6.45) is 2.26. The minimum atomic E-state index is -0.115. The molecule has 0 saturated carbocycles. The van der Waals surface area contributed by atoms with Gasteiger partial charge in [0.1, 0.15) is 0 Å². The topological polar surface area (TPSA) is 26.6 Å². The van der Waals surface area contributed by atoms with Crippen LogP contribution in [0.2, 0.25) is 0 Å². The van der Waals surface area contributed by atoms with Gasteiger partial charge >= 0.3 is 0 Å². The Morgan fingerprint density at radius 2 is 0.904 bits per heavy atom. The number of para-hydroxylation sites is 1. The molecule has 10 aromatic carbocycles. The lowest BCUT2D eigenvalue weighted by Gasteiger charge is -2.30. The average molecular weight is 943 g/mol. The smallest absolute Gasteiger partial charge is 0.0864 e. The highest BCUT2D eigenvalue weighted by atomic mass is 16.5. The van der Waals surface area contributed by atoms with Gasteiger partial charge in [-0.1, -0.05) is 159 Å². The predicted octanol–water partition coefficient (Wildman–Crippen LogP) is 17.7. The molecular formula is C69H54N2O2. The number of rotatable bonds is 10. The van der Waals surface area contributed by atoms with Gasteiger partial charge in [0.2, 0.25) is 0 Å². The molecule has 0 N–H and O–H groups in total. The number of aromatic nitrogens is 1. The number of methoxy groups -OCH3 is 2. The summed E-state index contributed by atoms with van der Waals surface area (Å²) in [6, 6.07) is 81.5. The maximum absolute atomic E-state index is 5.74. The normalized spacial score (nSPS) is 15.8. The Kier molecular flexibility index (Phi) is 10.1. The number of ether oxygens (including phenoxy) is 2. The van der Waals surface area contributed by atoms with Gasteiger partial charge in [0, 0.05) is 66.0 Å². The quantitative estimate of drug-likeness (QED) is 0.137. The molecule has 3 aliphatic carbocycles. The molecule has 11 aromatic rings. The number of fused-ring (bicyclic) bond motifs is 8. The van der Waals surface area contributed by atoms with Crippen molar-refractivity contribution in [3.63, 3.8) is 0 Å². The molecule has 3 aliphatic rings. The van der Waals surface area contributed by atoms with E-state index < -0.39 is 0 Å². The van der Waals surface area contributed by atoms with Gasteiger partial charge in [-0.15, -0.1) is 0 Å². The van der Waals surface area contributed by atoms with E-state index in [1.165, 1.54) is 111 Å². The van der Waals surface area contributed by atoms with Crippen LogP contribution in [0.4, 0.5) is 17.1 Å². The van der Waals surface area contributed by atoms with Crippen molar-refractivity contribution in [1.82, 2.24) is 4.57 Å². The van der Waals surface area contributed by atoms with Gasteiger partial charge in [0.25, 0.3) is 0 Å². The number of hydrogen-bond donors (Lipinski definition) is 0. The molecular weight excluding hydrogens is 889 g/mol. The van der Waals surface area contributed by atoms with Crippen LogP contribution < -0.4 is 4.90 Å². The van der Waals surface area contributed by atoms with E-state index in [4.69, 9.17) is 9.47 Å². The molecule has 2 unspecified atom stereocenters. The van der Waals surface area contributed by atoms with E-state index >= 15 is 0 Å². The van der Waals surface area contributed by atoms with Crippen LogP contribution in [0, 0.1) is 0 Å². The maximum atomic E-state index is 5.74. The van der Waals surface area contributed by atoms with Crippen LogP contribution in [-0.4, -0.2) is 18.8 Å². The molecule has 2 atom stereocenters. The molecule has 4 heteroatoms. The fraction of sp³-hybridized carbons (Fsp3) is 0.130. The molecule has 14 rings (SSSR count). The number of anilines is 3. The van der Waals surface area contributed by atoms with Crippen molar-refractivity contribution in [2.75, 3.05) is 19.1 Å². The van der Waals surface area contributed by atoms with E-state index in [9.17, 15) is 0 Å². The van der Waals surface area contributed by atoms with Gasteiger partial charge in [-0.25, -0.2) is 0 Å². The summed E-state index contributed by atoms with van der Waals surface area (Å²) in [5, 5.41) is 2.46. The predicted molar refractivity (Wildman–Crippen MR) is 302 cm³/mol. The highest BCUT2D eigenvalue weighted by molar-refractivity contribution is 6.10. The second-order valence-corrected chi connectivity index (χ2v) is 20.7. The second-order valence-electron chi connectivity index (χ2n) is 20.7. The summed E-state index contributed by atoms with van der Waals surface area (Å²) in [6.45, 7) is 4.71. The summed E-state index contributed by atoms with van der Waals surface area (Å²) in [5.74, 6) is 0. The standard InChI is InChI=1S/C69H54N2O2/c1-69(2)63-16-10-8-14-59(63)60-32-29-55(42-64(60)69)70(53-25-18-44(19-26-53)43-12-6-5-7-13-43)54-27-20-45(21-28-54)48-24-33-66-62(39-48)61-15-9-11-17-65(61)71(66)56-37-49(46-22-30-57-51(34-46)40-67(57)72-3)36-50(38-56)47-23-31-58-52(35-47)41-68(58)73-4/h5-39,42,67-68H,40-41H2,1-4H3. The van der Waals surface area contributed by atoms with E-state index in [-0.39, 0.29) is 17.6 Å². The molecule has 352 valence electrons. The largest absolute Gasteiger partial charge is 0.376 e. The van der Waals surface area contributed by atoms with Crippen LogP contribution in [0.25, 0.3) is 83.1 Å². The zero-order chi connectivity index (χ0) is 49.0. The monoisotopic (exact) mass is 942 g/mol. The van der Waals surface area contributed by atoms with Crippen LogP contribution in [0.15, 0.2) is 218 Å². The number of benzene rings is 10. The molecule has 0 saturated heterocycles. The third-order valence-electron chi connectivity index (χ3n) is 16.4. The van der Waals surface area contributed by atoms with Crippen molar-refractivity contribution < 1.29 is 9.47 Å². The first-order valence-electron chi connectivity index (χ1n) is 25.6. The molecule has 0 amide bonds. The summed E-state index contributed by atoms with van der Waals surface area (Å²) in [4.78, 5) is 2.41. The molecule has 0 radical (unpaired) electrons. The first-order valence-corrected chi connectivity index (χ1v) is 25.6. The van der Waals surface area contributed by atoms with E-state index in [0.29, 0.717) is 0 Å². The highest BCUT2D eigenvalue weighted by Crippen LogP contribution is 2.51. The van der Waals surface area contributed by atoms with E-state index in [1.54, 1.807) is 0 Å². The summed E-state index contributed by atoms with van der Waals surface area (Å²) < 4.78 is 13.9. The molecule has 0 fully saturated rings. The van der Waals surface area contributed by atoms with Crippen molar-refractivity contribution in [2.45, 2.75) is 44.3 Å². The SMILES string of the molecule is COC1Cc2cc(-c3cc(-c4ccc5c(c4)CC5OC)cc(-n4c5ccccc5c5cc(-c6ccc(N(c7ccc(-c8ccccc8)cc7)c7ccc8c(c7)C(C)(C)c7ccccc7-8)cc6)ccc54)c3)ccc21. The van der Waals surface area contributed by atoms with E-state index in [0.717, 1.165) is 35.6 Å². The number of hydrogen-bond acceptors (Lipinski definition) is 3. The van der Waals surface area contributed by atoms with E-state index in [2.05, 4.69) is 242 Å². The lowest BCUT2D eigenvalue weighted by molar-refractivity contribution is 0.0844. The minimum absolute atomic E-state index is 0.115. The van der Waals surface area contributed by atoms with E-state index in [1.807, 2.05) is 14.2 Å². The Bertz CT molecular complexity index is 3900. The van der Waals surface area contributed by atoms with Crippen molar-refractivity contribution >= 4 is 38.9 Å². The summed E-state index contributed by atoms with van der Waals surface area (Å²) in [5.41, 5.74) is 27.1. The van der Waals surface area contributed by atoms with Crippen molar-refractivity contribution in [2.24, 2.45) is 0 Å². The summed E-state index contributed by atoms with van der Waals surface area (Å²) in [7, 11) is 3.62. The third kappa shape index (κ3) is 7.04. The van der Waals surface area contributed by atoms with Crippen LogP contribution in [0.1, 0.15) is 59.4 Å². The molecule has 4 nitrogen and oxygen atoms in total. The van der Waals surface area contributed by atoms with Gasteiger partial charge in [-0.05, 0) is 162 Å². The molecule has 0 spiro atoms. The van der Waals surface area contributed by atoms with Crippen LogP contribution >= 0.6 is 0 Å². The van der Waals surface area contributed by atoms with Gasteiger partial charge in [-0.2, -0.15) is 0 Å². The zero-order valence-corrected chi connectivity index (χ0v) is 41.6. The van der Waals surface area contributed by atoms with Gasteiger partial charge < -0.3 is 18.9 Å². The molecule has 1 aromatic heterocycles. The first kappa shape index (κ1) is 43.5. The Balaban J connectivity index is 0.859. The van der Waals surface area contributed by atoms with Crippen LogP contribution in [0.3, 0.4) is 0 Å². The average Bonchev–Trinajstić information content (AvgIpc) is 3.87. The highest BCUT2D eigenvalue weighted by Gasteiger charge is 2.36. The Labute approximate surface area is 427 Å². The van der Waals surface area contributed by atoms with Gasteiger partial charge in [0.05, 0.1) is 23.2 Å². The Morgan fingerprint density at radius 3 is 1.55 bits per heavy atom. The fourth-order valence-electron chi connectivity index (χ4n) is 12.3.